The maximum absolute atomic E-state index is 12.2. The van der Waals surface area contributed by atoms with Gasteiger partial charge in [-0.1, -0.05) is 23.7 Å². The van der Waals surface area contributed by atoms with E-state index >= 15 is 0 Å². The Morgan fingerprint density at radius 2 is 2.00 bits per heavy atom. The fourth-order valence-electron chi connectivity index (χ4n) is 2.91. The SMILES string of the molecule is O=C(COC(=O)[C@H]1CC(=O)N(c2cccc([N+](=O)[O-])c2)C1)Nc1cccc(Cl)c1. The highest BCUT2D eigenvalue weighted by molar-refractivity contribution is 6.30. The van der Waals surface area contributed by atoms with Crippen LogP contribution in [0.2, 0.25) is 5.02 Å². The summed E-state index contributed by atoms with van der Waals surface area (Å²) in [7, 11) is 0. The van der Waals surface area contributed by atoms with Gasteiger partial charge in [-0.25, -0.2) is 0 Å². The summed E-state index contributed by atoms with van der Waals surface area (Å²) in [5.74, 6) is -2.34. The molecule has 0 unspecified atom stereocenters. The van der Waals surface area contributed by atoms with Crippen LogP contribution < -0.4 is 10.2 Å². The second-order valence-electron chi connectivity index (χ2n) is 6.35. The van der Waals surface area contributed by atoms with Crippen molar-refractivity contribution in [2.75, 3.05) is 23.4 Å². The Bertz CT molecular complexity index is 980. The average Bonchev–Trinajstić information content (AvgIpc) is 3.08. The first kappa shape index (κ1) is 20.3. The molecular formula is C19H16ClN3O6. The van der Waals surface area contributed by atoms with E-state index in [1.807, 2.05) is 0 Å². The highest BCUT2D eigenvalue weighted by atomic mass is 35.5. The molecule has 0 aliphatic carbocycles. The molecule has 0 bridgehead atoms. The number of ether oxygens (including phenoxy) is 1. The number of hydrogen-bond acceptors (Lipinski definition) is 6. The first-order valence-electron chi connectivity index (χ1n) is 8.60. The van der Waals surface area contributed by atoms with Crippen LogP contribution in [0.5, 0.6) is 0 Å². The Kier molecular flexibility index (Phi) is 6.08. The van der Waals surface area contributed by atoms with Crippen molar-refractivity contribution in [3.63, 3.8) is 0 Å². The number of rotatable bonds is 6. The van der Waals surface area contributed by atoms with Gasteiger partial charge in [0.25, 0.3) is 11.6 Å². The van der Waals surface area contributed by atoms with Crippen LogP contribution in [0.25, 0.3) is 0 Å². The van der Waals surface area contributed by atoms with E-state index in [9.17, 15) is 24.5 Å². The van der Waals surface area contributed by atoms with Crippen LogP contribution in [-0.4, -0.2) is 35.9 Å². The zero-order valence-corrected chi connectivity index (χ0v) is 15.8. The molecule has 1 atom stereocenters. The van der Waals surface area contributed by atoms with Gasteiger partial charge in [-0.05, 0) is 24.3 Å². The summed E-state index contributed by atoms with van der Waals surface area (Å²) < 4.78 is 5.01. The normalized spacial score (nSPS) is 15.8. The van der Waals surface area contributed by atoms with Gasteiger partial charge in [0.15, 0.2) is 6.61 Å². The van der Waals surface area contributed by atoms with Gasteiger partial charge < -0.3 is 15.0 Å². The maximum Gasteiger partial charge on any atom is 0.311 e. The van der Waals surface area contributed by atoms with Crippen LogP contribution in [0.15, 0.2) is 48.5 Å². The third-order valence-corrected chi connectivity index (χ3v) is 4.50. The van der Waals surface area contributed by atoms with E-state index in [1.165, 1.54) is 23.1 Å². The van der Waals surface area contributed by atoms with Crippen LogP contribution in [-0.2, 0) is 19.1 Å². The number of non-ortho nitro benzene ring substituents is 1. The van der Waals surface area contributed by atoms with Gasteiger partial charge >= 0.3 is 5.97 Å². The highest BCUT2D eigenvalue weighted by Gasteiger charge is 2.36. The molecule has 2 amide bonds. The van der Waals surface area contributed by atoms with Crippen molar-refractivity contribution < 1.29 is 24.0 Å². The molecule has 0 aromatic heterocycles. The quantitative estimate of drug-likeness (QED) is 0.438. The number of benzene rings is 2. The Hall–Kier alpha value is -3.46. The van der Waals surface area contributed by atoms with Gasteiger partial charge in [0, 0.05) is 35.8 Å². The minimum absolute atomic E-state index is 0.0226. The number of nitrogens with zero attached hydrogens (tertiary/aromatic N) is 2. The second kappa shape index (κ2) is 8.70. The van der Waals surface area contributed by atoms with Crippen molar-refractivity contribution >= 4 is 46.4 Å². The van der Waals surface area contributed by atoms with Crippen molar-refractivity contribution in [3.05, 3.63) is 63.7 Å². The van der Waals surface area contributed by atoms with E-state index in [4.69, 9.17) is 16.3 Å². The van der Waals surface area contributed by atoms with E-state index in [0.717, 1.165) is 0 Å². The summed E-state index contributed by atoms with van der Waals surface area (Å²) in [6, 6.07) is 12.1. The molecule has 9 nitrogen and oxygen atoms in total. The molecule has 2 aromatic rings. The molecule has 1 heterocycles. The summed E-state index contributed by atoms with van der Waals surface area (Å²) in [5.41, 5.74) is 0.642. The molecule has 1 fully saturated rings. The standard InChI is InChI=1S/C19H16ClN3O6/c20-13-3-1-4-14(8-13)21-17(24)11-29-19(26)12-7-18(25)22(10-12)15-5-2-6-16(9-15)23(27)28/h1-6,8-9,12H,7,10-11H2,(H,21,24)/t12-/m0/s1. The zero-order chi connectivity index (χ0) is 21.0. The predicted molar refractivity (Wildman–Crippen MR) is 105 cm³/mol. The Morgan fingerprint density at radius 3 is 2.72 bits per heavy atom. The molecule has 29 heavy (non-hydrogen) atoms. The highest BCUT2D eigenvalue weighted by Crippen LogP contribution is 2.28. The number of carbonyl (C=O) groups is 3. The Balaban J connectivity index is 1.55. The summed E-state index contributed by atoms with van der Waals surface area (Å²) in [4.78, 5) is 48.0. The first-order chi connectivity index (χ1) is 13.8. The van der Waals surface area contributed by atoms with Crippen molar-refractivity contribution in [1.82, 2.24) is 0 Å². The molecule has 3 rings (SSSR count). The van der Waals surface area contributed by atoms with E-state index in [1.54, 1.807) is 30.3 Å². The van der Waals surface area contributed by atoms with Crippen LogP contribution in [0.4, 0.5) is 17.1 Å². The Labute approximate surface area is 170 Å². The number of hydrogen-bond donors (Lipinski definition) is 1. The van der Waals surface area contributed by atoms with Crippen LogP contribution in [0.3, 0.4) is 0 Å². The van der Waals surface area contributed by atoms with Gasteiger partial charge in [0.05, 0.1) is 16.5 Å². The van der Waals surface area contributed by atoms with E-state index < -0.39 is 29.3 Å². The lowest BCUT2D eigenvalue weighted by atomic mass is 10.1. The lowest BCUT2D eigenvalue weighted by Gasteiger charge is -2.16. The van der Waals surface area contributed by atoms with E-state index in [2.05, 4.69) is 5.32 Å². The van der Waals surface area contributed by atoms with Gasteiger partial charge in [-0.3, -0.25) is 24.5 Å². The second-order valence-corrected chi connectivity index (χ2v) is 6.79. The van der Waals surface area contributed by atoms with E-state index in [0.29, 0.717) is 16.4 Å². The molecule has 1 aliphatic rings. The molecule has 1 N–H and O–H groups in total. The largest absolute Gasteiger partial charge is 0.455 e. The molecule has 150 valence electrons. The van der Waals surface area contributed by atoms with Crippen LogP contribution in [0, 0.1) is 16.0 Å². The fourth-order valence-corrected chi connectivity index (χ4v) is 3.10. The lowest BCUT2D eigenvalue weighted by Crippen LogP contribution is -2.28. The topological polar surface area (TPSA) is 119 Å². The average molecular weight is 418 g/mol. The first-order valence-corrected chi connectivity index (χ1v) is 8.98. The molecule has 10 heteroatoms. The van der Waals surface area contributed by atoms with Gasteiger partial charge in [0.1, 0.15) is 0 Å². The molecule has 1 saturated heterocycles. The van der Waals surface area contributed by atoms with Crippen LogP contribution in [0.1, 0.15) is 6.42 Å². The number of nitro benzene ring substituents is 1. The number of esters is 1. The summed E-state index contributed by atoms with van der Waals surface area (Å²) in [5, 5.41) is 13.9. The van der Waals surface area contributed by atoms with Crippen molar-refractivity contribution in [1.29, 1.82) is 0 Å². The van der Waals surface area contributed by atoms with Crippen molar-refractivity contribution in [3.8, 4) is 0 Å². The minimum Gasteiger partial charge on any atom is -0.455 e. The monoisotopic (exact) mass is 417 g/mol. The number of amides is 2. The number of nitrogens with one attached hydrogen (secondary N) is 1. The number of anilines is 2. The molecule has 0 spiro atoms. The third-order valence-electron chi connectivity index (χ3n) is 4.26. The molecular weight excluding hydrogens is 402 g/mol. The van der Waals surface area contributed by atoms with Gasteiger partial charge in [0.2, 0.25) is 5.91 Å². The van der Waals surface area contributed by atoms with Gasteiger partial charge in [-0.15, -0.1) is 0 Å². The summed E-state index contributed by atoms with van der Waals surface area (Å²) in [6.45, 7) is -0.485. The lowest BCUT2D eigenvalue weighted by molar-refractivity contribution is -0.384. The predicted octanol–water partition coefficient (Wildman–Crippen LogP) is 2.78. The van der Waals surface area contributed by atoms with E-state index in [-0.39, 0.29) is 24.6 Å². The molecule has 1 aliphatic heterocycles. The molecule has 2 aromatic carbocycles. The number of carbonyl (C=O) groups excluding carboxylic acids is 3. The number of nitro groups is 1. The third kappa shape index (κ3) is 5.08. The molecule has 0 radical (unpaired) electrons. The van der Waals surface area contributed by atoms with Crippen molar-refractivity contribution in [2.45, 2.75) is 6.42 Å². The molecule has 0 saturated carbocycles. The van der Waals surface area contributed by atoms with Crippen molar-refractivity contribution in [2.24, 2.45) is 5.92 Å². The maximum atomic E-state index is 12.2. The number of halogens is 1. The fraction of sp³-hybridized carbons (Fsp3) is 0.211. The Morgan fingerprint density at radius 1 is 1.24 bits per heavy atom. The smallest absolute Gasteiger partial charge is 0.311 e. The van der Waals surface area contributed by atoms with Crippen LogP contribution >= 0.6 is 11.6 Å². The zero-order valence-electron chi connectivity index (χ0n) is 15.0. The minimum atomic E-state index is -0.763. The summed E-state index contributed by atoms with van der Waals surface area (Å²) in [6.07, 6.45) is -0.0998. The van der Waals surface area contributed by atoms with Gasteiger partial charge in [-0.2, -0.15) is 0 Å². The summed E-state index contributed by atoms with van der Waals surface area (Å²) >= 11 is 5.84.